The van der Waals surface area contributed by atoms with E-state index >= 15 is 0 Å². The molecule has 246 valence electrons. The minimum Gasteiger partial charge on any atom is -0.497 e. The lowest BCUT2D eigenvalue weighted by Gasteiger charge is -2.15. The van der Waals surface area contributed by atoms with Crippen LogP contribution in [-0.2, 0) is 0 Å². The molecule has 3 aromatic heterocycles. The van der Waals surface area contributed by atoms with Crippen LogP contribution in [0.2, 0.25) is 0 Å². The molecule has 5 aromatic carbocycles. The van der Waals surface area contributed by atoms with Crippen molar-refractivity contribution in [3.05, 3.63) is 150 Å². The van der Waals surface area contributed by atoms with E-state index in [0.717, 1.165) is 67.5 Å². The normalized spacial score (nSPS) is 11.4. The highest BCUT2D eigenvalue weighted by atomic mass is 16.5. The van der Waals surface area contributed by atoms with Gasteiger partial charge in [-0.15, -0.1) is 0 Å². The summed E-state index contributed by atoms with van der Waals surface area (Å²) < 4.78 is 16.4. The summed E-state index contributed by atoms with van der Waals surface area (Å²) in [5, 5.41) is 7.35. The molecule has 0 aliphatic heterocycles. The van der Waals surface area contributed by atoms with Crippen LogP contribution in [0.5, 0.6) is 17.2 Å². The molecule has 6 nitrogen and oxygen atoms in total. The molecule has 0 aliphatic carbocycles. The van der Waals surface area contributed by atoms with Crippen molar-refractivity contribution in [1.82, 2.24) is 19.3 Å². The summed E-state index contributed by atoms with van der Waals surface area (Å²) in [7, 11) is 1.67. The highest BCUT2D eigenvalue weighted by molar-refractivity contribution is 6.09. The fourth-order valence-electron chi connectivity index (χ4n) is 7.37. The summed E-state index contributed by atoms with van der Waals surface area (Å²) in [6.45, 7) is 10.7. The van der Waals surface area contributed by atoms with Crippen LogP contribution in [-0.4, -0.2) is 26.4 Å². The zero-order valence-corrected chi connectivity index (χ0v) is 29.2. The van der Waals surface area contributed by atoms with Gasteiger partial charge in [-0.1, -0.05) is 60.7 Å². The first-order chi connectivity index (χ1) is 24.3. The van der Waals surface area contributed by atoms with E-state index in [1.807, 2.05) is 22.9 Å². The Morgan fingerprint density at radius 3 is 2.10 bits per heavy atom. The molecule has 0 unspecified atom stereocenters. The van der Waals surface area contributed by atoms with Crippen molar-refractivity contribution in [1.29, 1.82) is 0 Å². The maximum absolute atomic E-state index is 6.62. The predicted molar refractivity (Wildman–Crippen MR) is 203 cm³/mol. The summed E-state index contributed by atoms with van der Waals surface area (Å²) in [6, 6.07) is 39.9. The standard InChI is InChI=1S/C44H38N4O2/c1-27-20-34(48-31(5)44(30(4)46-48)43-28(2)22-33(23-29(43)3)32-12-8-7-9-13-32)24-37(21-27)50-36-16-17-39-38-14-10-11-15-40(38)47(41(39)25-36)42-26-35(49-6)18-19-45-42/h7-26H,1-6H3. The SMILES string of the molecule is COc1ccnc(-n2c3ccccc3c3ccc(Oc4cc(C)cc(-n5nc(C)c(-c6c(C)cc(-c7ccccc7)cc6C)c5C)c4)cc32)c1. The van der Waals surface area contributed by atoms with Crippen LogP contribution in [0.1, 0.15) is 28.1 Å². The summed E-state index contributed by atoms with van der Waals surface area (Å²) >= 11 is 0. The number of aryl methyl sites for hydroxylation is 4. The van der Waals surface area contributed by atoms with E-state index in [-0.39, 0.29) is 0 Å². The second-order valence-electron chi connectivity index (χ2n) is 13.0. The number of nitrogens with zero attached hydrogens (tertiary/aromatic N) is 4. The van der Waals surface area contributed by atoms with Crippen LogP contribution in [0.3, 0.4) is 0 Å². The van der Waals surface area contributed by atoms with Crippen LogP contribution in [0.4, 0.5) is 0 Å². The number of hydrogen-bond acceptors (Lipinski definition) is 4. The van der Waals surface area contributed by atoms with Crippen LogP contribution in [0.25, 0.3) is 55.6 Å². The molecule has 0 saturated heterocycles. The van der Waals surface area contributed by atoms with Crippen molar-refractivity contribution in [3.63, 3.8) is 0 Å². The van der Waals surface area contributed by atoms with Crippen molar-refractivity contribution in [3.8, 4) is 51.0 Å². The quantitative estimate of drug-likeness (QED) is 0.172. The van der Waals surface area contributed by atoms with Gasteiger partial charge in [-0.25, -0.2) is 9.67 Å². The first-order valence-electron chi connectivity index (χ1n) is 16.9. The highest BCUT2D eigenvalue weighted by Gasteiger charge is 2.20. The molecular formula is C44H38N4O2. The van der Waals surface area contributed by atoms with Gasteiger partial charge in [0, 0.05) is 46.4 Å². The molecule has 8 aromatic rings. The maximum atomic E-state index is 6.62. The lowest BCUT2D eigenvalue weighted by atomic mass is 9.90. The Morgan fingerprint density at radius 2 is 1.32 bits per heavy atom. The van der Waals surface area contributed by atoms with Gasteiger partial charge in [0.1, 0.15) is 23.1 Å². The minimum absolute atomic E-state index is 0.736. The summed E-state index contributed by atoms with van der Waals surface area (Å²) in [5.41, 5.74) is 13.5. The van der Waals surface area contributed by atoms with Gasteiger partial charge in [0.25, 0.3) is 0 Å². The summed E-state index contributed by atoms with van der Waals surface area (Å²) in [5.74, 6) is 3.02. The van der Waals surface area contributed by atoms with Crippen LogP contribution >= 0.6 is 0 Å². The van der Waals surface area contributed by atoms with E-state index in [2.05, 4.69) is 136 Å². The Hall–Kier alpha value is -6.14. The number of pyridine rings is 1. The number of rotatable bonds is 7. The van der Waals surface area contributed by atoms with Crippen molar-refractivity contribution in [2.24, 2.45) is 0 Å². The topological polar surface area (TPSA) is 54.1 Å². The molecule has 3 heterocycles. The first kappa shape index (κ1) is 31.1. The molecule has 0 aliphatic rings. The molecule has 8 rings (SSSR count). The molecular weight excluding hydrogens is 617 g/mol. The molecule has 6 heteroatoms. The van der Waals surface area contributed by atoms with Gasteiger partial charge in [0.05, 0.1) is 29.5 Å². The number of ether oxygens (including phenoxy) is 2. The van der Waals surface area contributed by atoms with E-state index in [9.17, 15) is 0 Å². The Kier molecular flexibility index (Phi) is 7.72. The number of aromatic nitrogens is 4. The summed E-state index contributed by atoms with van der Waals surface area (Å²) in [6.07, 6.45) is 1.77. The van der Waals surface area contributed by atoms with E-state index < -0.39 is 0 Å². The Morgan fingerprint density at radius 1 is 0.580 bits per heavy atom. The molecule has 0 radical (unpaired) electrons. The zero-order chi connectivity index (χ0) is 34.5. The second kappa shape index (κ2) is 12.4. The molecule has 0 saturated carbocycles. The van der Waals surface area contributed by atoms with Crippen LogP contribution < -0.4 is 9.47 Å². The molecule has 0 fully saturated rings. The van der Waals surface area contributed by atoms with Crippen molar-refractivity contribution < 1.29 is 9.47 Å². The third-order valence-corrected chi connectivity index (χ3v) is 9.52. The lowest BCUT2D eigenvalue weighted by Crippen LogP contribution is -2.01. The lowest BCUT2D eigenvalue weighted by molar-refractivity contribution is 0.414. The number of para-hydroxylation sites is 1. The van der Waals surface area contributed by atoms with Gasteiger partial charge < -0.3 is 9.47 Å². The molecule has 0 N–H and O–H groups in total. The molecule has 0 spiro atoms. The van der Waals surface area contributed by atoms with Gasteiger partial charge in [0.2, 0.25) is 0 Å². The van der Waals surface area contributed by atoms with Crippen molar-refractivity contribution in [2.45, 2.75) is 34.6 Å². The van der Waals surface area contributed by atoms with Gasteiger partial charge in [0.15, 0.2) is 0 Å². The molecule has 50 heavy (non-hydrogen) atoms. The first-order valence-corrected chi connectivity index (χ1v) is 16.9. The largest absolute Gasteiger partial charge is 0.497 e. The van der Waals surface area contributed by atoms with E-state index in [1.54, 1.807) is 13.3 Å². The maximum Gasteiger partial charge on any atom is 0.141 e. The second-order valence-corrected chi connectivity index (χ2v) is 13.0. The monoisotopic (exact) mass is 654 g/mol. The fraction of sp³-hybridized carbons (Fsp3) is 0.136. The molecule has 0 bridgehead atoms. The number of methoxy groups -OCH3 is 1. The van der Waals surface area contributed by atoms with Crippen LogP contribution in [0.15, 0.2) is 121 Å². The smallest absolute Gasteiger partial charge is 0.141 e. The average Bonchev–Trinajstić information content (AvgIpc) is 3.60. The third-order valence-electron chi connectivity index (χ3n) is 9.52. The fourth-order valence-corrected chi connectivity index (χ4v) is 7.37. The van der Waals surface area contributed by atoms with Gasteiger partial charge in [-0.2, -0.15) is 5.10 Å². The zero-order valence-electron chi connectivity index (χ0n) is 29.2. The Bertz CT molecular complexity index is 2540. The Balaban J connectivity index is 1.17. The van der Waals surface area contributed by atoms with Gasteiger partial charge in [-0.05, 0) is 104 Å². The van der Waals surface area contributed by atoms with Gasteiger partial charge >= 0.3 is 0 Å². The average molecular weight is 655 g/mol. The Labute approximate surface area is 292 Å². The third kappa shape index (κ3) is 5.39. The minimum atomic E-state index is 0.736. The predicted octanol–water partition coefficient (Wildman–Crippen LogP) is 11.0. The van der Waals surface area contributed by atoms with Crippen LogP contribution in [0, 0.1) is 34.6 Å². The number of hydrogen-bond donors (Lipinski definition) is 0. The number of fused-ring (bicyclic) bond motifs is 3. The van der Waals surface area contributed by atoms with E-state index in [1.165, 1.54) is 33.4 Å². The number of benzene rings is 5. The van der Waals surface area contributed by atoms with E-state index in [0.29, 0.717) is 0 Å². The van der Waals surface area contributed by atoms with Crippen molar-refractivity contribution in [2.75, 3.05) is 7.11 Å². The van der Waals surface area contributed by atoms with Crippen molar-refractivity contribution >= 4 is 21.8 Å². The highest BCUT2D eigenvalue weighted by Crippen LogP contribution is 2.38. The van der Waals surface area contributed by atoms with Gasteiger partial charge in [-0.3, -0.25) is 4.57 Å². The molecule has 0 amide bonds. The molecule has 0 atom stereocenters. The van der Waals surface area contributed by atoms with E-state index in [4.69, 9.17) is 19.6 Å². The summed E-state index contributed by atoms with van der Waals surface area (Å²) in [4.78, 5) is 4.70.